The molecule has 3 aromatic carbocycles. The largest absolute Gasteiger partial charge is 0.442 e. The van der Waals surface area contributed by atoms with Crippen molar-refractivity contribution in [1.82, 2.24) is 14.6 Å². The Morgan fingerprint density at radius 3 is 2.12 bits per heavy atom. The third kappa shape index (κ3) is 6.72. The average molecular weight is 551 g/mol. The highest BCUT2D eigenvalue weighted by Crippen LogP contribution is 2.24. The number of quaternary nitrogens is 1. The Labute approximate surface area is 243 Å². The second kappa shape index (κ2) is 12.7. The van der Waals surface area contributed by atoms with Gasteiger partial charge in [-0.3, -0.25) is 4.90 Å². The van der Waals surface area contributed by atoms with E-state index in [1.807, 2.05) is 23.1 Å². The summed E-state index contributed by atoms with van der Waals surface area (Å²) in [5.74, 6) is 0.727. The number of nitrogens with zero attached hydrogens (tertiary/aromatic N) is 8. The van der Waals surface area contributed by atoms with E-state index in [4.69, 9.17) is 5.11 Å². The molecule has 0 aliphatic carbocycles. The molecule has 0 amide bonds. The highest BCUT2D eigenvalue weighted by molar-refractivity contribution is 5.52. The Balaban J connectivity index is 1.18. The van der Waals surface area contributed by atoms with Gasteiger partial charge in [-0.2, -0.15) is 0 Å². The molecule has 3 aliphatic rings. The summed E-state index contributed by atoms with van der Waals surface area (Å²) < 4.78 is 5.28. The fourth-order valence-corrected chi connectivity index (χ4v) is 6.12. The van der Waals surface area contributed by atoms with Crippen LogP contribution in [-0.2, 0) is 13.1 Å². The fraction of sp³-hybridized carbons (Fsp3) is 0.394. The lowest BCUT2D eigenvalue weighted by molar-refractivity contribution is -0.939. The molecule has 0 saturated carbocycles. The number of fused-ring (bicyclic) bond motifs is 3. The molecule has 0 unspecified atom stereocenters. The molecule has 1 aromatic heterocycles. The van der Waals surface area contributed by atoms with E-state index in [-0.39, 0.29) is 0 Å². The predicted octanol–water partition coefficient (Wildman–Crippen LogP) is 5.05. The van der Waals surface area contributed by atoms with Crippen LogP contribution in [0.15, 0.2) is 101 Å². The summed E-state index contributed by atoms with van der Waals surface area (Å²) in [6.45, 7) is 14.7. The van der Waals surface area contributed by atoms with E-state index >= 15 is 0 Å². The number of hydrogen-bond acceptors (Lipinski definition) is 5. The van der Waals surface area contributed by atoms with Gasteiger partial charge in [0.05, 0.1) is 39.3 Å². The third-order valence-corrected chi connectivity index (χ3v) is 8.67. The minimum atomic E-state index is 0.639. The summed E-state index contributed by atoms with van der Waals surface area (Å²) >= 11 is 0. The molecule has 4 aromatic rings. The number of hydrogen-bond donors (Lipinski definition) is 0. The predicted molar refractivity (Wildman–Crippen MR) is 163 cm³/mol. The maximum absolute atomic E-state index is 4.73. The van der Waals surface area contributed by atoms with Crippen molar-refractivity contribution in [2.45, 2.75) is 26.4 Å². The van der Waals surface area contributed by atoms with Gasteiger partial charge >= 0.3 is 5.95 Å². The second-order valence-electron chi connectivity index (χ2n) is 11.5. The van der Waals surface area contributed by atoms with Gasteiger partial charge in [0.15, 0.2) is 6.33 Å². The van der Waals surface area contributed by atoms with Gasteiger partial charge < -0.3 is 9.38 Å². The van der Waals surface area contributed by atoms with Crippen molar-refractivity contribution >= 4 is 17.3 Å². The molecule has 4 heterocycles. The van der Waals surface area contributed by atoms with Crippen LogP contribution in [0, 0.1) is 0 Å². The highest BCUT2D eigenvalue weighted by Gasteiger charge is 2.38. The molecule has 212 valence electrons. The Bertz CT molecular complexity index is 1330. The normalized spacial score (nSPS) is 20.1. The Morgan fingerprint density at radius 1 is 0.805 bits per heavy atom. The van der Waals surface area contributed by atoms with Gasteiger partial charge in [-0.25, -0.2) is 4.57 Å². The molecule has 0 atom stereocenters. The van der Waals surface area contributed by atoms with Crippen molar-refractivity contribution in [3.8, 4) is 0 Å². The van der Waals surface area contributed by atoms with Crippen LogP contribution in [0.2, 0.25) is 0 Å². The van der Waals surface area contributed by atoms with Crippen LogP contribution in [0.5, 0.6) is 0 Å². The summed E-state index contributed by atoms with van der Waals surface area (Å²) in [4.78, 5) is 5.17. The smallest absolute Gasteiger partial charge is 0.366 e. The first-order valence-corrected chi connectivity index (χ1v) is 15.1. The summed E-state index contributed by atoms with van der Waals surface area (Å²) in [7, 11) is 0. The number of benzene rings is 3. The van der Waals surface area contributed by atoms with E-state index in [1.165, 1.54) is 67.1 Å². The lowest BCUT2D eigenvalue weighted by Gasteiger charge is -2.51. The van der Waals surface area contributed by atoms with E-state index in [0.717, 1.165) is 31.1 Å². The molecule has 3 saturated heterocycles. The van der Waals surface area contributed by atoms with Gasteiger partial charge in [-0.05, 0) is 41.8 Å². The molecule has 0 radical (unpaired) electrons. The SMILES string of the molecule is CCCN(CC[N+]12CCN(CC1)CC2)c1ccc(/N=N/c2n(Cc3ccccc3)cn[n+]2Cc2ccccc2)cc1. The first-order chi connectivity index (χ1) is 20.2. The summed E-state index contributed by atoms with van der Waals surface area (Å²) in [6, 6.07) is 29.4. The van der Waals surface area contributed by atoms with Crippen molar-refractivity contribution in [3.05, 3.63) is 102 Å². The van der Waals surface area contributed by atoms with Gasteiger partial charge in [-0.1, -0.05) is 77.8 Å². The summed E-state index contributed by atoms with van der Waals surface area (Å²) in [5, 5.41) is 14.1. The third-order valence-electron chi connectivity index (χ3n) is 8.67. The molecule has 0 N–H and O–H groups in total. The minimum Gasteiger partial charge on any atom is -0.366 e. The van der Waals surface area contributed by atoms with Gasteiger partial charge in [-0.15, -0.1) is 4.68 Å². The van der Waals surface area contributed by atoms with E-state index in [2.05, 4.69) is 104 Å². The Kier molecular flexibility index (Phi) is 8.49. The molecule has 3 aliphatic heterocycles. The molecular weight excluding hydrogens is 508 g/mol. The molecule has 7 rings (SSSR count). The zero-order chi connectivity index (χ0) is 27.9. The van der Waals surface area contributed by atoms with E-state index in [1.54, 1.807) is 0 Å². The average Bonchev–Trinajstić information content (AvgIpc) is 3.40. The van der Waals surface area contributed by atoms with Crippen LogP contribution < -0.4 is 9.58 Å². The van der Waals surface area contributed by atoms with E-state index in [0.29, 0.717) is 13.1 Å². The maximum Gasteiger partial charge on any atom is 0.442 e. The van der Waals surface area contributed by atoms with Gasteiger partial charge in [0.1, 0.15) is 12.2 Å². The lowest BCUT2D eigenvalue weighted by Crippen LogP contribution is -2.68. The zero-order valence-electron chi connectivity index (χ0n) is 24.2. The monoisotopic (exact) mass is 550 g/mol. The molecule has 3 fully saturated rings. The zero-order valence-corrected chi connectivity index (χ0v) is 24.2. The lowest BCUT2D eigenvalue weighted by atomic mass is 10.1. The van der Waals surface area contributed by atoms with Crippen LogP contribution in [-0.4, -0.2) is 78.0 Å². The molecule has 2 bridgehead atoms. The van der Waals surface area contributed by atoms with Crippen molar-refractivity contribution < 1.29 is 9.16 Å². The highest BCUT2D eigenvalue weighted by atomic mass is 15.5. The number of piperazine rings is 3. The molecule has 41 heavy (non-hydrogen) atoms. The van der Waals surface area contributed by atoms with E-state index < -0.39 is 0 Å². The second-order valence-corrected chi connectivity index (χ2v) is 11.5. The van der Waals surface area contributed by atoms with Crippen molar-refractivity contribution in [3.63, 3.8) is 0 Å². The maximum atomic E-state index is 4.73. The number of azo groups is 1. The van der Waals surface area contributed by atoms with Crippen LogP contribution in [0.4, 0.5) is 17.3 Å². The van der Waals surface area contributed by atoms with Crippen LogP contribution >= 0.6 is 0 Å². The Morgan fingerprint density at radius 2 is 1.46 bits per heavy atom. The van der Waals surface area contributed by atoms with Crippen LogP contribution in [0.25, 0.3) is 0 Å². The first kappa shape index (κ1) is 27.3. The van der Waals surface area contributed by atoms with Gasteiger partial charge in [0.25, 0.3) is 0 Å². The fourth-order valence-electron chi connectivity index (χ4n) is 6.12. The standard InChI is InChI=1S/C33H42N8/c1-2-17-38(21-25-41-22-18-37(19-23-41)20-24-41)32-15-13-31(14-16-32)35-36-33-39(26-29-9-5-3-6-10-29)28-34-40(33)27-30-11-7-4-8-12-30/h3-16,28H,2,17-27H2,1H3/q+2. The minimum absolute atomic E-state index is 0.639. The van der Waals surface area contributed by atoms with E-state index in [9.17, 15) is 0 Å². The van der Waals surface area contributed by atoms with Crippen molar-refractivity contribution in [2.75, 3.05) is 63.8 Å². The first-order valence-electron chi connectivity index (χ1n) is 15.1. The quantitative estimate of drug-likeness (QED) is 0.141. The topological polar surface area (TPSA) is 52.9 Å². The molecule has 8 nitrogen and oxygen atoms in total. The summed E-state index contributed by atoms with van der Waals surface area (Å²) in [6.07, 6.45) is 2.99. The number of aromatic nitrogens is 3. The van der Waals surface area contributed by atoms with Crippen molar-refractivity contribution in [2.24, 2.45) is 10.2 Å². The van der Waals surface area contributed by atoms with Gasteiger partial charge in [0, 0.05) is 37.0 Å². The molecular formula is C33H42N8+2. The van der Waals surface area contributed by atoms with Crippen LogP contribution in [0.3, 0.4) is 0 Å². The summed E-state index contributed by atoms with van der Waals surface area (Å²) in [5.41, 5.74) is 4.49. The van der Waals surface area contributed by atoms with Crippen molar-refractivity contribution in [1.29, 1.82) is 0 Å². The Hall–Kier alpha value is -3.88. The van der Waals surface area contributed by atoms with Crippen LogP contribution in [0.1, 0.15) is 24.5 Å². The molecule has 0 spiro atoms. The van der Waals surface area contributed by atoms with Gasteiger partial charge in [0.2, 0.25) is 0 Å². The molecule has 8 heteroatoms. The number of rotatable bonds is 12. The number of anilines is 1.